The molecule has 1 aliphatic heterocycles. The van der Waals surface area contributed by atoms with Crippen LogP contribution in [0.15, 0.2) is 36.7 Å². The first-order valence-corrected chi connectivity index (χ1v) is 9.62. The van der Waals surface area contributed by atoms with Gasteiger partial charge in [0.05, 0.1) is 23.6 Å². The summed E-state index contributed by atoms with van der Waals surface area (Å²) in [5, 5.41) is 15.9. The second-order valence-corrected chi connectivity index (χ2v) is 7.67. The van der Waals surface area contributed by atoms with Crippen molar-refractivity contribution in [3.8, 4) is 11.4 Å². The van der Waals surface area contributed by atoms with Crippen LogP contribution >= 0.6 is 0 Å². The first-order valence-electron chi connectivity index (χ1n) is 9.62. The van der Waals surface area contributed by atoms with Crippen LogP contribution in [0.1, 0.15) is 18.9 Å². The monoisotopic (exact) mass is 441 g/mol. The summed E-state index contributed by atoms with van der Waals surface area (Å²) in [5.74, 6) is -0.556. The van der Waals surface area contributed by atoms with Crippen molar-refractivity contribution in [2.24, 2.45) is 0 Å². The van der Waals surface area contributed by atoms with Crippen molar-refractivity contribution in [3.63, 3.8) is 0 Å². The molecule has 3 N–H and O–H groups in total. The Balaban J connectivity index is 1.73. The van der Waals surface area contributed by atoms with Gasteiger partial charge in [-0.3, -0.25) is 4.40 Å². The first-order chi connectivity index (χ1) is 14.6. The summed E-state index contributed by atoms with van der Waals surface area (Å²) >= 11 is 0. The molecule has 166 valence electrons. The lowest BCUT2D eigenvalue weighted by atomic mass is 9.97. The molecule has 0 aromatic carbocycles. The van der Waals surface area contributed by atoms with Crippen molar-refractivity contribution in [1.29, 1.82) is 0 Å². The molecule has 3 aromatic rings. The van der Waals surface area contributed by atoms with Crippen molar-refractivity contribution in [1.82, 2.24) is 19.7 Å². The molecular formula is C20H20F5N5O. The molecule has 11 heteroatoms. The minimum Gasteiger partial charge on any atom is -0.376 e. The Hall–Kier alpha value is -2.79. The van der Waals surface area contributed by atoms with E-state index in [1.807, 2.05) is 0 Å². The molecule has 4 heterocycles. The number of piperidine rings is 1. The lowest BCUT2D eigenvalue weighted by molar-refractivity contribution is -0.259. The summed E-state index contributed by atoms with van der Waals surface area (Å²) in [7, 11) is 0. The summed E-state index contributed by atoms with van der Waals surface area (Å²) in [4.78, 5) is 8.42. The predicted molar refractivity (Wildman–Crippen MR) is 104 cm³/mol. The lowest BCUT2D eigenvalue weighted by Gasteiger charge is -2.28. The number of halogens is 5. The summed E-state index contributed by atoms with van der Waals surface area (Å²) in [6.07, 6.45) is -3.28. The van der Waals surface area contributed by atoms with Crippen LogP contribution in [0.5, 0.6) is 0 Å². The Bertz CT molecular complexity index is 1100. The Morgan fingerprint density at radius 1 is 1.26 bits per heavy atom. The molecule has 0 amide bonds. The maximum atomic E-state index is 14.3. The molecule has 31 heavy (non-hydrogen) atoms. The molecular weight excluding hydrogens is 421 g/mol. The number of nitrogens with zero attached hydrogens (tertiary/aromatic N) is 3. The molecule has 6 nitrogen and oxygen atoms in total. The average Bonchev–Trinajstić information content (AvgIpc) is 3.12. The van der Waals surface area contributed by atoms with E-state index in [-0.39, 0.29) is 22.9 Å². The molecule has 0 aliphatic carbocycles. The highest BCUT2D eigenvalue weighted by atomic mass is 19.4. The number of fused-ring (bicyclic) bond motifs is 1. The van der Waals surface area contributed by atoms with Crippen LogP contribution in [0, 0.1) is 5.82 Å². The fraction of sp³-hybridized carbons (Fsp3) is 0.400. The second-order valence-electron chi connectivity index (χ2n) is 7.67. The summed E-state index contributed by atoms with van der Waals surface area (Å²) < 4.78 is 69.4. The minimum atomic E-state index is -4.90. The van der Waals surface area contributed by atoms with E-state index in [9.17, 15) is 27.1 Å². The lowest BCUT2D eigenvalue weighted by Crippen LogP contribution is -2.46. The van der Waals surface area contributed by atoms with Crippen molar-refractivity contribution < 1.29 is 27.1 Å². The highest BCUT2D eigenvalue weighted by Gasteiger charge is 2.51. The normalized spacial score (nSPS) is 21.8. The number of pyridine rings is 2. The number of alkyl halides is 4. The highest BCUT2D eigenvalue weighted by Crippen LogP contribution is 2.38. The van der Waals surface area contributed by atoms with Crippen LogP contribution in [-0.4, -0.2) is 51.0 Å². The third kappa shape index (κ3) is 4.07. The molecule has 0 spiro atoms. The van der Waals surface area contributed by atoms with Crippen molar-refractivity contribution in [2.75, 3.05) is 18.4 Å². The first kappa shape index (κ1) is 21.4. The van der Waals surface area contributed by atoms with Crippen molar-refractivity contribution in [2.45, 2.75) is 37.3 Å². The van der Waals surface area contributed by atoms with Crippen molar-refractivity contribution >= 4 is 11.5 Å². The standard InChI is InChI=1S/C20H20F5N5O/c1-19(31,20(23,24)25)11-2-3-18-27-9-16(30(18)10-11)14-6-12(21)7-17(28-14)29-15-8-26-5-4-13(15)22/h2-3,6-7,9-10,13,15,26,31H,4-5,8H2,1H3,(H,28,29)/t13-,15-,19+/m0/s1. The third-order valence-electron chi connectivity index (χ3n) is 5.40. The molecule has 0 unspecified atom stereocenters. The Morgan fingerprint density at radius 2 is 2.03 bits per heavy atom. The van der Waals surface area contributed by atoms with Gasteiger partial charge in [-0.2, -0.15) is 13.2 Å². The van der Waals surface area contributed by atoms with E-state index in [4.69, 9.17) is 0 Å². The Morgan fingerprint density at radius 3 is 2.74 bits per heavy atom. The molecule has 3 aromatic heterocycles. The number of nitrogens with one attached hydrogen (secondary N) is 2. The molecule has 0 bridgehead atoms. The van der Waals surface area contributed by atoms with E-state index in [0.29, 0.717) is 26.4 Å². The highest BCUT2D eigenvalue weighted by molar-refractivity contribution is 5.62. The molecule has 3 atom stereocenters. The van der Waals surface area contributed by atoms with Gasteiger partial charge in [0.15, 0.2) is 5.60 Å². The van der Waals surface area contributed by atoms with Gasteiger partial charge < -0.3 is 15.7 Å². The fourth-order valence-corrected chi connectivity index (χ4v) is 3.48. The van der Waals surface area contributed by atoms with E-state index in [0.717, 1.165) is 24.4 Å². The summed E-state index contributed by atoms with van der Waals surface area (Å²) in [5.41, 5.74) is -2.89. The van der Waals surface area contributed by atoms with Crippen molar-refractivity contribution in [3.05, 3.63) is 48.0 Å². The molecule has 0 radical (unpaired) electrons. The zero-order chi connectivity index (χ0) is 22.4. The fourth-order valence-electron chi connectivity index (χ4n) is 3.48. The average molecular weight is 441 g/mol. The van der Waals surface area contributed by atoms with Gasteiger partial charge in [-0.05, 0) is 26.0 Å². The largest absolute Gasteiger partial charge is 0.421 e. The van der Waals surface area contributed by atoms with E-state index in [2.05, 4.69) is 20.6 Å². The smallest absolute Gasteiger partial charge is 0.376 e. The van der Waals surface area contributed by atoms with Gasteiger partial charge >= 0.3 is 6.18 Å². The van der Waals surface area contributed by atoms with Crippen LogP contribution in [0.4, 0.5) is 27.8 Å². The van der Waals surface area contributed by atoms with Crippen LogP contribution in [-0.2, 0) is 5.60 Å². The minimum absolute atomic E-state index is 0.0954. The summed E-state index contributed by atoms with van der Waals surface area (Å²) in [6, 6.07) is 4.08. The molecule has 4 rings (SSSR count). The maximum absolute atomic E-state index is 14.3. The van der Waals surface area contributed by atoms with Gasteiger partial charge in [-0.25, -0.2) is 18.7 Å². The van der Waals surface area contributed by atoms with Crippen LogP contribution in [0.25, 0.3) is 17.0 Å². The number of imidazole rings is 1. The molecule has 1 fully saturated rings. The van der Waals surface area contributed by atoms with Gasteiger partial charge in [0.25, 0.3) is 0 Å². The number of rotatable bonds is 4. The SMILES string of the molecule is C[C@@](O)(c1ccc2ncc(-c3cc(F)cc(N[C@H]4CNCC[C@@H]4F)n3)n2c1)C(F)(F)F. The number of anilines is 1. The van der Waals surface area contributed by atoms with E-state index in [1.54, 1.807) is 0 Å². The van der Waals surface area contributed by atoms with Crippen LogP contribution < -0.4 is 10.6 Å². The van der Waals surface area contributed by atoms with Gasteiger partial charge in [-0.1, -0.05) is 6.07 Å². The number of aromatic nitrogens is 3. The van der Waals surface area contributed by atoms with Gasteiger partial charge in [0.1, 0.15) is 23.5 Å². The Labute approximate surface area is 174 Å². The zero-order valence-electron chi connectivity index (χ0n) is 16.4. The second kappa shape index (κ2) is 7.72. The predicted octanol–water partition coefficient (Wildman–Crippen LogP) is 3.42. The van der Waals surface area contributed by atoms with Gasteiger partial charge in [0, 0.05) is 30.4 Å². The van der Waals surface area contributed by atoms with E-state index < -0.39 is 35.4 Å². The third-order valence-corrected chi connectivity index (χ3v) is 5.40. The van der Waals surface area contributed by atoms with E-state index in [1.165, 1.54) is 16.7 Å². The van der Waals surface area contributed by atoms with Crippen LogP contribution in [0.3, 0.4) is 0 Å². The van der Waals surface area contributed by atoms with Gasteiger partial charge in [0.2, 0.25) is 0 Å². The number of hydrogen-bond donors (Lipinski definition) is 3. The topological polar surface area (TPSA) is 74.5 Å². The maximum Gasteiger partial charge on any atom is 0.421 e. The number of aliphatic hydroxyl groups is 1. The van der Waals surface area contributed by atoms with Gasteiger partial charge in [-0.15, -0.1) is 0 Å². The number of hydrogen-bond acceptors (Lipinski definition) is 5. The van der Waals surface area contributed by atoms with Crippen LogP contribution in [0.2, 0.25) is 0 Å². The molecule has 1 saturated heterocycles. The summed E-state index contributed by atoms with van der Waals surface area (Å²) in [6.45, 7) is 1.55. The Kier molecular flexibility index (Phi) is 5.34. The quantitative estimate of drug-likeness (QED) is 0.541. The zero-order valence-corrected chi connectivity index (χ0v) is 16.4. The van der Waals surface area contributed by atoms with E-state index >= 15 is 0 Å². The molecule has 1 aliphatic rings. The molecule has 0 saturated carbocycles.